The molecule has 0 unspecified atom stereocenters. The number of carbonyl (C=O) groups is 3. The number of pyridine rings is 1. The van der Waals surface area contributed by atoms with Crippen LogP contribution in [0, 0.1) is 18.7 Å². The average Bonchev–Trinajstić information content (AvgIpc) is 3.38. The Bertz CT molecular complexity index is 1820. The molecule has 12 nitrogen and oxygen atoms in total. The number of benzene rings is 2. The standard InChI is InChI=1S/C30H29ClFN7O5/c1-15-6-4-8-21(35-29(42)27-16(2)39(38-37-27)24-9-5-7-20(31)26(24)32)23-12-17(13-25(40)34-23)19-11-10-18(33-30(43)44-3)14-22(19)36-28(15)41/h5,7,9-15,21H,4,6,8H2,1-3H3,(H,33,43)(H,34,40)(H,35,42)(H,36,41)/t15-,21-/m0/s1. The van der Waals surface area contributed by atoms with Crippen LogP contribution >= 0.6 is 11.6 Å². The Morgan fingerprint density at radius 2 is 1.93 bits per heavy atom. The second-order valence-corrected chi connectivity index (χ2v) is 10.8. The Balaban J connectivity index is 1.52. The molecule has 44 heavy (non-hydrogen) atoms. The van der Waals surface area contributed by atoms with Crippen LogP contribution in [0.1, 0.15) is 54.1 Å². The van der Waals surface area contributed by atoms with Crippen molar-refractivity contribution in [3.05, 3.63) is 86.8 Å². The first-order valence-corrected chi connectivity index (χ1v) is 14.2. The molecule has 1 aliphatic rings. The molecular formula is C30H29ClFN7O5. The zero-order valence-corrected chi connectivity index (χ0v) is 24.8. The number of methoxy groups -OCH3 is 1. The lowest BCUT2D eigenvalue weighted by atomic mass is 9.95. The van der Waals surface area contributed by atoms with Crippen LogP contribution in [0.25, 0.3) is 16.8 Å². The van der Waals surface area contributed by atoms with Crippen LogP contribution < -0.4 is 21.5 Å². The third-order valence-corrected chi connectivity index (χ3v) is 7.70. The molecule has 4 aromatic rings. The third-order valence-electron chi connectivity index (χ3n) is 7.41. The highest BCUT2D eigenvalue weighted by Gasteiger charge is 2.25. The van der Waals surface area contributed by atoms with Crippen molar-refractivity contribution < 1.29 is 23.5 Å². The number of nitrogens with zero attached hydrogens (tertiary/aromatic N) is 3. The van der Waals surface area contributed by atoms with Gasteiger partial charge in [0, 0.05) is 28.9 Å². The summed E-state index contributed by atoms with van der Waals surface area (Å²) in [6.45, 7) is 3.38. The molecule has 0 saturated heterocycles. The number of fused-ring (bicyclic) bond motifs is 4. The van der Waals surface area contributed by atoms with Crippen molar-refractivity contribution in [1.82, 2.24) is 25.3 Å². The van der Waals surface area contributed by atoms with Crippen molar-refractivity contribution in [2.45, 2.75) is 39.2 Å². The normalized spacial score (nSPS) is 16.5. The minimum absolute atomic E-state index is 0.0299. The number of ether oxygens (including phenoxy) is 1. The third kappa shape index (κ3) is 6.32. The van der Waals surface area contributed by atoms with Crippen molar-refractivity contribution in [2.24, 2.45) is 5.92 Å². The molecule has 14 heteroatoms. The number of anilines is 2. The molecule has 2 atom stereocenters. The number of halogens is 2. The lowest BCUT2D eigenvalue weighted by molar-refractivity contribution is -0.119. The Kier molecular flexibility index (Phi) is 8.76. The van der Waals surface area contributed by atoms with Crippen LogP contribution in [0.4, 0.5) is 20.6 Å². The molecule has 3 amide bonds. The van der Waals surface area contributed by atoms with Crippen molar-refractivity contribution in [1.29, 1.82) is 0 Å². The van der Waals surface area contributed by atoms with Gasteiger partial charge < -0.3 is 20.4 Å². The van der Waals surface area contributed by atoms with E-state index in [1.165, 1.54) is 30.0 Å². The van der Waals surface area contributed by atoms with Gasteiger partial charge in [0.15, 0.2) is 11.5 Å². The molecule has 3 heterocycles. The van der Waals surface area contributed by atoms with E-state index in [1.54, 1.807) is 44.2 Å². The van der Waals surface area contributed by atoms with Crippen molar-refractivity contribution in [2.75, 3.05) is 17.7 Å². The van der Waals surface area contributed by atoms with E-state index < -0.39 is 29.4 Å². The quantitative estimate of drug-likeness (QED) is 0.246. The molecule has 1 aliphatic heterocycles. The van der Waals surface area contributed by atoms with Gasteiger partial charge in [0.1, 0.15) is 5.69 Å². The lowest BCUT2D eigenvalue weighted by Gasteiger charge is -2.22. The second-order valence-electron chi connectivity index (χ2n) is 10.4. The summed E-state index contributed by atoms with van der Waals surface area (Å²) < 4.78 is 20.5. The van der Waals surface area contributed by atoms with E-state index in [0.717, 1.165) is 0 Å². The first-order chi connectivity index (χ1) is 21.0. The van der Waals surface area contributed by atoms with Crippen LogP contribution in [0.2, 0.25) is 5.02 Å². The van der Waals surface area contributed by atoms with E-state index in [1.807, 2.05) is 0 Å². The van der Waals surface area contributed by atoms with Gasteiger partial charge >= 0.3 is 6.09 Å². The summed E-state index contributed by atoms with van der Waals surface area (Å²) in [6, 6.07) is 11.7. The number of hydrogen-bond donors (Lipinski definition) is 4. The number of rotatable bonds is 4. The molecule has 0 aliphatic carbocycles. The molecule has 0 spiro atoms. The highest BCUT2D eigenvalue weighted by molar-refractivity contribution is 6.30. The summed E-state index contributed by atoms with van der Waals surface area (Å²) in [4.78, 5) is 54.1. The first-order valence-electron chi connectivity index (χ1n) is 13.8. The number of nitrogens with one attached hydrogen (secondary N) is 4. The zero-order chi connectivity index (χ0) is 31.5. The predicted octanol–water partition coefficient (Wildman–Crippen LogP) is 5.13. The van der Waals surface area contributed by atoms with Gasteiger partial charge in [-0.25, -0.2) is 13.9 Å². The Labute approximate surface area is 256 Å². The highest BCUT2D eigenvalue weighted by Crippen LogP contribution is 2.33. The molecule has 228 valence electrons. The topological polar surface area (TPSA) is 160 Å². The van der Waals surface area contributed by atoms with Crippen LogP contribution in [-0.4, -0.2) is 45.0 Å². The number of aromatic amines is 1. The Morgan fingerprint density at radius 3 is 2.70 bits per heavy atom. The Hall–Kier alpha value is -5.04. The molecule has 2 aromatic heterocycles. The van der Waals surface area contributed by atoms with E-state index in [0.29, 0.717) is 47.5 Å². The highest BCUT2D eigenvalue weighted by atomic mass is 35.5. The fourth-order valence-electron chi connectivity index (χ4n) is 5.03. The van der Waals surface area contributed by atoms with Gasteiger partial charge in [-0.2, -0.15) is 0 Å². The molecule has 0 radical (unpaired) electrons. The van der Waals surface area contributed by atoms with E-state index in [2.05, 4.69) is 36.0 Å². The monoisotopic (exact) mass is 621 g/mol. The molecular weight excluding hydrogens is 593 g/mol. The largest absolute Gasteiger partial charge is 0.453 e. The van der Waals surface area contributed by atoms with E-state index in [9.17, 15) is 23.6 Å². The van der Waals surface area contributed by atoms with Crippen LogP contribution in [0.15, 0.2) is 53.3 Å². The minimum Gasteiger partial charge on any atom is -0.453 e. The fraction of sp³-hybridized carbons (Fsp3) is 0.267. The van der Waals surface area contributed by atoms with Gasteiger partial charge in [0.25, 0.3) is 5.91 Å². The second kappa shape index (κ2) is 12.7. The fourth-order valence-corrected chi connectivity index (χ4v) is 5.19. The van der Waals surface area contributed by atoms with Crippen LogP contribution in [-0.2, 0) is 9.53 Å². The molecule has 5 rings (SSSR count). The predicted molar refractivity (Wildman–Crippen MR) is 161 cm³/mol. The number of aromatic nitrogens is 4. The van der Waals surface area contributed by atoms with Gasteiger partial charge in [0.2, 0.25) is 11.5 Å². The van der Waals surface area contributed by atoms with Gasteiger partial charge in [0.05, 0.1) is 29.6 Å². The maximum atomic E-state index is 14.7. The summed E-state index contributed by atoms with van der Waals surface area (Å²) in [5, 5.41) is 16.3. The molecule has 0 fully saturated rings. The maximum absolute atomic E-state index is 14.7. The van der Waals surface area contributed by atoms with Crippen molar-refractivity contribution >= 4 is 40.9 Å². The summed E-state index contributed by atoms with van der Waals surface area (Å²) in [7, 11) is 1.24. The van der Waals surface area contributed by atoms with Gasteiger partial charge in [-0.1, -0.05) is 42.3 Å². The first kappa shape index (κ1) is 30.4. The number of carbonyl (C=O) groups excluding carboxylic acids is 3. The number of amides is 3. The summed E-state index contributed by atoms with van der Waals surface area (Å²) in [5.41, 5.74) is 2.09. The zero-order valence-electron chi connectivity index (χ0n) is 24.0. The number of hydrogen-bond acceptors (Lipinski definition) is 7. The lowest BCUT2D eigenvalue weighted by Crippen LogP contribution is -2.31. The van der Waals surface area contributed by atoms with E-state index in [4.69, 9.17) is 11.6 Å². The van der Waals surface area contributed by atoms with Crippen molar-refractivity contribution in [3.8, 4) is 16.8 Å². The molecule has 2 aromatic carbocycles. The van der Waals surface area contributed by atoms with Gasteiger partial charge in [-0.15, -0.1) is 5.10 Å². The maximum Gasteiger partial charge on any atom is 0.411 e. The molecule has 2 bridgehead atoms. The van der Waals surface area contributed by atoms with Gasteiger partial charge in [-0.3, -0.25) is 19.7 Å². The minimum atomic E-state index is -0.700. The molecule has 4 N–H and O–H groups in total. The summed E-state index contributed by atoms with van der Waals surface area (Å²) >= 11 is 5.93. The molecule has 0 saturated carbocycles. The van der Waals surface area contributed by atoms with Crippen LogP contribution in [0.5, 0.6) is 0 Å². The summed E-state index contributed by atoms with van der Waals surface area (Å²) in [5.74, 6) is -1.91. The van der Waals surface area contributed by atoms with E-state index in [-0.39, 0.29) is 33.9 Å². The van der Waals surface area contributed by atoms with Crippen molar-refractivity contribution in [3.63, 3.8) is 0 Å². The number of H-pyrrole nitrogens is 1. The Morgan fingerprint density at radius 1 is 1.14 bits per heavy atom. The SMILES string of the molecule is COC(=O)Nc1ccc2c(c1)NC(=O)[C@@H](C)CCC[C@H](NC(=O)c1nnn(-c3cccc(Cl)c3F)c1C)c1cc-2cc(=O)[nH]1. The van der Waals surface area contributed by atoms with Crippen LogP contribution in [0.3, 0.4) is 0 Å². The summed E-state index contributed by atoms with van der Waals surface area (Å²) in [6.07, 6.45) is 0.735. The average molecular weight is 622 g/mol. The van der Waals surface area contributed by atoms with Gasteiger partial charge in [-0.05, 0) is 55.7 Å². The van der Waals surface area contributed by atoms with E-state index >= 15 is 0 Å². The smallest absolute Gasteiger partial charge is 0.411 e.